The van der Waals surface area contributed by atoms with E-state index in [9.17, 15) is 0 Å². The zero-order chi connectivity index (χ0) is 16.6. The maximum atomic E-state index is 4.99. The van der Waals surface area contributed by atoms with Crippen LogP contribution in [0.15, 0.2) is 24.4 Å². The number of aryl methyl sites for hydroxylation is 3. The zero-order valence-corrected chi connectivity index (χ0v) is 14.7. The molecule has 0 unspecified atom stereocenters. The van der Waals surface area contributed by atoms with Crippen molar-refractivity contribution >= 4 is 11.0 Å². The highest BCUT2D eigenvalue weighted by atomic mass is 14.8. The molecule has 3 rings (SSSR count). The van der Waals surface area contributed by atoms with Crippen molar-refractivity contribution in [2.24, 2.45) is 0 Å². The van der Waals surface area contributed by atoms with E-state index in [-0.39, 0.29) is 0 Å². The van der Waals surface area contributed by atoms with Gasteiger partial charge in [-0.1, -0.05) is 27.7 Å². The first kappa shape index (κ1) is 15.7. The molecule has 0 fully saturated rings. The third kappa shape index (κ3) is 2.76. The summed E-state index contributed by atoms with van der Waals surface area (Å²) in [7, 11) is 0. The van der Waals surface area contributed by atoms with Crippen LogP contribution in [0.3, 0.4) is 0 Å². The number of nitrogens with zero attached hydrogens (tertiary/aromatic N) is 2. The predicted molar refractivity (Wildman–Crippen MR) is 96.9 cm³/mol. The average molecular weight is 307 g/mol. The van der Waals surface area contributed by atoms with Gasteiger partial charge in [-0.05, 0) is 55.0 Å². The number of pyridine rings is 2. The van der Waals surface area contributed by atoms with E-state index in [1.165, 1.54) is 16.7 Å². The quantitative estimate of drug-likeness (QED) is 0.721. The van der Waals surface area contributed by atoms with Gasteiger partial charge in [0, 0.05) is 23.1 Å². The molecule has 1 N–H and O–H groups in total. The molecule has 0 radical (unpaired) electrons. The lowest BCUT2D eigenvalue weighted by Crippen LogP contribution is -2.02. The van der Waals surface area contributed by atoms with Gasteiger partial charge in [0.2, 0.25) is 0 Å². The van der Waals surface area contributed by atoms with Crippen molar-refractivity contribution in [1.82, 2.24) is 15.0 Å². The second-order valence-corrected chi connectivity index (χ2v) is 6.46. The van der Waals surface area contributed by atoms with Gasteiger partial charge in [0.15, 0.2) is 0 Å². The van der Waals surface area contributed by atoms with Crippen LogP contribution in [0.5, 0.6) is 0 Å². The largest absolute Gasteiger partial charge is 0.360 e. The summed E-state index contributed by atoms with van der Waals surface area (Å²) in [5, 5.41) is 0. The third-order valence-corrected chi connectivity index (χ3v) is 4.48. The molecule has 0 aromatic carbocycles. The monoisotopic (exact) mass is 307 g/mol. The lowest BCUT2D eigenvalue weighted by atomic mass is 9.99. The molecule has 0 aliphatic rings. The molecule has 3 heteroatoms. The highest BCUT2D eigenvalue weighted by Crippen LogP contribution is 2.30. The Morgan fingerprint density at radius 3 is 2.52 bits per heavy atom. The molecule has 0 saturated heterocycles. The van der Waals surface area contributed by atoms with E-state index >= 15 is 0 Å². The molecule has 3 aromatic rings. The van der Waals surface area contributed by atoms with E-state index in [0.717, 1.165) is 41.0 Å². The number of aromatic nitrogens is 3. The van der Waals surface area contributed by atoms with E-state index < -0.39 is 0 Å². The van der Waals surface area contributed by atoms with Crippen LogP contribution in [0.1, 0.15) is 56.1 Å². The number of nitrogens with one attached hydrogen (secondary N) is 1. The van der Waals surface area contributed by atoms with E-state index in [2.05, 4.69) is 57.8 Å². The Morgan fingerprint density at radius 2 is 1.87 bits per heavy atom. The number of fused-ring (bicyclic) bond motifs is 1. The lowest BCUT2D eigenvalue weighted by Gasteiger charge is -2.14. The molecule has 120 valence electrons. The summed E-state index contributed by atoms with van der Waals surface area (Å²) in [5.41, 5.74) is 9.20. The van der Waals surface area contributed by atoms with Gasteiger partial charge in [-0.2, -0.15) is 0 Å². The average Bonchev–Trinajstić information content (AvgIpc) is 2.93. The van der Waals surface area contributed by atoms with Crippen LogP contribution in [-0.4, -0.2) is 15.0 Å². The maximum absolute atomic E-state index is 4.99. The zero-order valence-electron chi connectivity index (χ0n) is 14.7. The molecule has 3 aromatic heterocycles. The van der Waals surface area contributed by atoms with Crippen LogP contribution in [0.25, 0.3) is 22.3 Å². The molecule has 3 nitrogen and oxygen atoms in total. The van der Waals surface area contributed by atoms with Gasteiger partial charge in [0.25, 0.3) is 0 Å². The SMILES string of the molecule is CCc1cc2[nH]cc(C)c2nc1-c1ccc(C(C)C)nc1CC. The molecular formula is C20H25N3. The molecule has 0 amide bonds. The van der Waals surface area contributed by atoms with Crippen molar-refractivity contribution in [3.8, 4) is 11.3 Å². The molecule has 0 aliphatic heterocycles. The Morgan fingerprint density at radius 1 is 1.09 bits per heavy atom. The molecule has 0 bridgehead atoms. The first-order valence-electron chi connectivity index (χ1n) is 8.52. The van der Waals surface area contributed by atoms with Gasteiger partial charge >= 0.3 is 0 Å². The third-order valence-electron chi connectivity index (χ3n) is 4.48. The summed E-state index contributed by atoms with van der Waals surface area (Å²) >= 11 is 0. The van der Waals surface area contributed by atoms with Crippen LogP contribution < -0.4 is 0 Å². The van der Waals surface area contributed by atoms with E-state index in [1.54, 1.807) is 0 Å². The molecule has 23 heavy (non-hydrogen) atoms. The minimum Gasteiger partial charge on any atom is -0.360 e. The number of rotatable bonds is 4. The lowest BCUT2D eigenvalue weighted by molar-refractivity contribution is 0.807. The minimum absolute atomic E-state index is 0.447. The summed E-state index contributed by atoms with van der Waals surface area (Å²) in [6.07, 6.45) is 3.91. The van der Waals surface area contributed by atoms with Gasteiger partial charge in [0.1, 0.15) is 0 Å². The van der Waals surface area contributed by atoms with Crippen LogP contribution in [-0.2, 0) is 12.8 Å². The molecule has 0 aliphatic carbocycles. The normalized spacial score (nSPS) is 11.6. The molecule has 0 saturated carbocycles. The van der Waals surface area contributed by atoms with E-state index in [1.807, 2.05) is 6.20 Å². The van der Waals surface area contributed by atoms with Crippen molar-refractivity contribution < 1.29 is 0 Å². The topological polar surface area (TPSA) is 41.6 Å². The van der Waals surface area contributed by atoms with Crippen molar-refractivity contribution in [3.05, 3.63) is 46.9 Å². The van der Waals surface area contributed by atoms with Gasteiger partial charge < -0.3 is 4.98 Å². The molecule has 0 atom stereocenters. The second kappa shape index (κ2) is 6.15. The van der Waals surface area contributed by atoms with Crippen LogP contribution in [0.4, 0.5) is 0 Å². The fourth-order valence-corrected chi connectivity index (χ4v) is 3.05. The smallest absolute Gasteiger partial charge is 0.0915 e. The predicted octanol–water partition coefficient (Wildman–Crippen LogP) is 5.18. The Balaban J connectivity index is 2.24. The van der Waals surface area contributed by atoms with E-state index in [4.69, 9.17) is 9.97 Å². The van der Waals surface area contributed by atoms with Gasteiger partial charge in [-0.3, -0.25) is 4.98 Å². The summed E-state index contributed by atoms with van der Waals surface area (Å²) in [5.74, 6) is 0.447. The van der Waals surface area contributed by atoms with Crippen molar-refractivity contribution in [2.75, 3.05) is 0 Å². The number of hydrogen-bond donors (Lipinski definition) is 1. The summed E-state index contributed by atoms with van der Waals surface area (Å²) in [6.45, 7) is 10.8. The Hall–Kier alpha value is -2.16. The first-order chi connectivity index (χ1) is 11.0. The molecule has 3 heterocycles. The fourth-order valence-electron chi connectivity index (χ4n) is 3.05. The fraction of sp³-hybridized carbons (Fsp3) is 0.400. The molecule has 0 spiro atoms. The van der Waals surface area contributed by atoms with Crippen molar-refractivity contribution in [1.29, 1.82) is 0 Å². The van der Waals surface area contributed by atoms with Crippen molar-refractivity contribution in [3.63, 3.8) is 0 Å². The van der Waals surface area contributed by atoms with E-state index in [0.29, 0.717) is 5.92 Å². The Labute approximate surface area is 138 Å². The number of aromatic amines is 1. The summed E-state index contributed by atoms with van der Waals surface area (Å²) in [6, 6.07) is 6.59. The number of hydrogen-bond acceptors (Lipinski definition) is 2. The summed E-state index contributed by atoms with van der Waals surface area (Å²) in [4.78, 5) is 13.2. The van der Waals surface area contributed by atoms with Crippen LogP contribution >= 0.6 is 0 Å². The second-order valence-electron chi connectivity index (χ2n) is 6.46. The highest BCUT2D eigenvalue weighted by Gasteiger charge is 2.15. The Kier molecular flexibility index (Phi) is 4.20. The minimum atomic E-state index is 0.447. The van der Waals surface area contributed by atoms with Crippen LogP contribution in [0, 0.1) is 6.92 Å². The first-order valence-corrected chi connectivity index (χ1v) is 8.52. The van der Waals surface area contributed by atoms with Gasteiger partial charge in [-0.15, -0.1) is 0 Å². The standard InChI is InChI=1S/C20H25N3/c1-6-14-10-18-19(13(5)11-21-18)23-20(14)15-8-9-17(12(3)4)22-16(15)7-2/h8-12,21H,6-7H2,1-5H3. The highest BCUT2D eigenvalue weighted by molar-refractivity contribution is 5.83. The summed E-state index contributed by atoms with van der Waals surface area (Å²) < 4.78 is 0. The van der Waals surface area contributed by atoms with Gasteiger partial charge in [0.05, 0.1) is 16.7 Å². The molecular weight excluding hydrogens is 282 g/mol. The van der Waals surface area contributed by atoms with Gasteiger partial charge in [-0.25, -0.2) is 4.98 Å². The van der Waals surface area contributed by atoms with Crippen LogP contribution in [0.2, 0.25) is 0 Å². The maximum Gasteiger partial charge on any atom is 0.0915 e. The van der Waals surface area contributed by atoms with Crippen molar-refractivity contribution in [2.45, 2.75) is 53.4 Å². The number of H-pyrrole nitrogens is 1. The Bertz CT molecular complexity index is 843.